The van der Waals surface area contributed by atoms with E-state index in [0.29, 0.717) is 23.4 Å². The molecule has 1 aromatic heterocycles. The molecule has 0 N–H and O–H groups in total. The Morgan fingerprint density at radius 2 is 1.64 bits per heavy atom. The van der Waals surface area contributed by atoms with Gasteiger partial charge in [0.2, 0.25) is 5.78 Å². The van der Waals surface area contributed by atoms with Crippen LogP contribution in [-0.4, -0.2) is 17.0 Å². The van der Waals surface area contributed by atoms with Crippen molar-refractivity contribution in [2.45, 2.75) is 6.54 Å². The lowest BCUT2D eigenvalue weighted by atomic mass is 10.1. The van der Waals surface area contributed by atoms with Crippen LogP contribution in [0.5, 0.6) is 5.75 Å². The smallest absolute Gasteiger partial charge is 0.202 e. The third-order valence-corrected chi connectivity index (χ3v) is 4.64. The Kier molecular flexibility index (Phi) is 4.90. The number of para-hydroxylation sites is 2. The van der Waals surface area contributed by atoms with E-state index in [2.05, 4.69) is 10.6 Å². The Bertz CT molecular complexity index is 1150. The monoisotopic (exact) mass is 366 g/mol. The summed E-state index contributed by atoms with van der Waals surface area (Å²) in [6.07, 6.45) is 1.89. The molecule has 0 atom stereocenters. The number of hydrogen-bond acceptors (Lipinski definition) is 3. The fourth-order valence-electron chi connectivity index (χ4n) is 3.22. The Morgan fingerprint density at radius 3 is 2.39 bits per heavy atom. The number of nitriles is 1. The fourth-order valence-corrected chi connectivity index (χ4v) is 3.22. The van der Waals surface area contributed by atoms with Crippen LogP contribution < -0.4 is 4.74 Å². The van der Waals surface area contributed by atoms with Crippen LogP contribution in [0.4, 0.5) is 0 Å². The molecule has 0 fully saturated rings. The minimum Gasteiger partial charge on any atom is -0.485 e. The highest BCUT2D eigenvalue weighted by Gasteiger charge is 2.15. The van der Waals surface area contributed by atoms with Crippen LogP contribution in [0.3, 0.4) is 0 Å². The molecular formula is C24H18N2O2. The van der Waals surface area contributed by atoms with Crippen molar-refractivity contribution in [2.24, 2.45) is 0 Å². The van der Waals surface area contributed by atoms with Crippen molar-refractivity contribution in [3.63, 3.8) is 0 Å². The van der Waals surface area contributed by atoms with Crippen LogP contribution in [0.25, 0.3) is 10.9 Å². The summed E-state index contributed by atoms with van der Waals surface area (Å²) in [4.78, 5) is 12.8. The van der Waals surface area contributed by atoms with Gasteiger partial charge in [-0.1, -0.05) is 48.5 Å². The van der Waals surface area contributed by atoms with Crippen LogP contribution in [0.2, 0.25) is 0 Å². The quantitative estimate of drug-likeness (QED) is 0.460. The first-order valence-electron chi connectivity index (χ1n) is 9.02. The molecule has 0 saturated carbocycles. The van der Waals surface area contributed by atoms with Crippen LogP contribution >= 0.6 is 0 Å². The Labute approximate surface area is 163 Å². The Hall–Kier alpha value is -3.84. The molecule has 0 aliphatic rings. The molecule has 0 aliphatic heterocycles. The predicted molar refractivity (Wildman–Crippen MR) is 108 cm³/mol. The average molecular weight is 366 g/mol. The van der Waals surface area contributed by atoms with E-state index in [1.54, 1.807) is 12.1 Å². The largest absolute Gasteiger partial charge is 0.485 e. The van der Waals surface area contributed by atoms with Crippen LogP contribution in [0, 0.1) is 11.3 Å². The third kappa shape index (κ3) is 3.65. The molecule has 0 unspecified atom stereocenters. The highest BCUT2D eigenvalue weighted by atomic mass is 16.5. The maximum atomic E-state index is 12.8. The van der Waals surface area contributed by atoms with Crippen molar-refractivity contribution >= 4 is 16.7 Å². The van der Waals surface area contributed by atoms with E-state index < -0.39 is 0 Å². The first-order valence-corrected chi connectivity index (χ1v) is 9.02. The zero-order chi connectivity index (χ0) is 19.3. The molecule has 136 valence electrons. The molecule has 0 aliphatic carbocycles. The van der Waals surface area contributed by atoms with Gasteiger partial charge in [-0.3, -0.25) is 4.79 Å². The summed E-state index contributed by atoms with van der Waals surface area (Å²) in [5.41, 5.74) is 3.35. The van der Waals surface area contributed by atoms with Gasteiger partial charge in [-0.25, -0.2) is 0 Å². The number of Topliss-reactive ketones (excluding diaryl/α,β-unsaturated/α-hetero) is 1. The second-order valence-corrected chi connectivity index (χ2v) is 6.52. The fraction of sp³-hybridized carbons (Fsp3) is 0.0833. The maximum absolute atomic E-state index is 12.8. The lowest BCUT2D eigenvalue weighted by Crippen LogP contribution is -2.11. The molecule has 3 aromatic carbocycles. The minimum atomic E-state index is -0.0568. The number of ether oxygens (including phenoxy) is 1. The number of fused-ring (bicyclic) bond motifs is 1. The number of aromatic nitrogens is 1. The molecule has 0 amide bonds. The summed E-state index contributed by atoms with van der Waals surface area (Å²) < 4.78 is 7.70. The van der Waals surface area contributed by atoms with Crippen molar-refractivity contribution in [3.05, 3.63) is 102 Å². The summed E-state index contributed by atoms with van der Waals surface area (Å²) in [6.45, 7) is 0.619. The third-order valence-electron chi connectivity index (χ3n) is 4.64. The van der Waals surface area contributed by atoms with Crippen molar-refractivity contribution in [3.8, 4) is 11.8 Å². The number of carbonyl (C=O) groups excluding carboxylic acids is 1. The average Bonchev–Trinajstić information content (AvgIpc) is 3.12. The predicted octanol–water partition coefficient (Wildman–Crippen LogP) is 4.82. The number of benzene rings is 3. The zero-order valence-corrected chi connectivity index (χ0v) is 15.2. The number of carbonyl (C=O) groups is 1. The van der Waals surface area contributed by atoms with Gasteiger partial charge in [-0.2, -0.15) is 5.26 Å². The molecule has 4 heteroatoms. The number of ketones is 1. The van der Waals surface area contributed by atoms with E-state index >= 15 is 0 Å². The van der Waals surface area contributed by atoms with Gasteiger partial charge in [0.05, 0.1) is 11.6 Å². The molecule has 0 bridgehead atoms. The normalized spacial score (nSPS) is 10.5. The highest BCUT2D eigenvalue weighted by Crippen LogP contribution is 2.23. The van der Waals surface area contributed by atoms with Gasteiger partial charge in [0.25, 0.3) is 0 Å². The van der Waals surface area contributed by atoms with Crippen molar-refractivity contribution < 1.29 is 9.53 Å². The van der Waals surface area contributed by atoms with Crippen LogP contribution in [-0.2, 0) is 6.54 Å². The van der Waals surface area contributed by atoms with E-state index in [1.165, 1.54) is 0 Å². The summed E-state index contributed by atoms with van der Waals surface area (Å²) in [5.74, 6) is 0.621. The highest BCUT2D eigenvalue weighted by molar-refractivity contribution is 6.08. The molecule has 28 heavy (non-hydrogen) atoms. The first-order chi connectivity index (χ1) is 13.7. The Balaban J connectivity index is 1.60. The molecule has 0 radical (unpaired) electrons. The van der Waals surface area contributed by atoms with Gasteiger partial charge in [-0.05, 0) is 35.9 Å². The number of nitrogens with zero attached hydrogens (tertiary/aromatic N) is 2. The van der Waals surface area contributed by atoms with E-state index in [0.717, 1.165) is 16.5 Å². The molecule has 0 saturated heterocycles. The molecule has 4 rings (SSSR count). The molecule has 1 heterocycles. The van der Waals surface area contributed by atoms with Gasteiger partial charge in [0.1, 0.15) is 5.75 Å². The van der Waals surface area contributed by atoms with E-state index in [-0.39, 0.29) is 12.4 Å². The van der Waals surface area contributed by atoms with Gasteiger partial charge in [-0.15, -0.1) is 0 Å². The lowest BCUT2D eigenvalue weighted by Gasteiger charge is -2.05. The number of rotatable bonds is 6. The van der Waals surface area contributed by atoms with Gasteiger partial charge in [0.15, 0.2) is 6.61 Å². The van der Waals surface area contributed by atoms with Crippen LogP contribution in [0.15, 0.2) is 85.1 Å². The lowest BCUT2D eigenvalue weighted by molar-refractivity contribution is 0.0923. The van der Waals surface area contributed by atoms with Gasteiger partial charge < -0.3 is 9.30 Å². The molecule has 0 spiro atoms. The SMILES string of the molecule is N#Cc1ccc(Cn2cc(C(=O)COc3ccccc3)c3ccccc32)cc1. The maximum Gasteiger partial charge on any atom is 0.202 e. The second-order valence-electron chi connectivity index (χ2n) is 6.52. The van der Waals surface area contributed by atoms with Crippen LogP contribution in [0.1, 0.15) is 21.5 Å². The van der Waals surface area contributed by atoms with E-state index in [4.69, 9.17) is 10.00 Å². The topological polar surface area (TPSA) is 55.0 Å². The summed E-state index contributed by atoms with van der Waals surface area (Å²) >= 11 is 0. The van der Waals surface area contributed by atoms with Gasteiger partial charge >= 0.3 is 0 Å². The summed E-state index contributed by atoms with van der Waals surface area (Å²) in [6, 6.07) is 26.8. The summed E-state index contributed by atoms with van der Waals surface area (Å²) in [5, 5.41) is 9.87. The molecular weight excluding hydrogens is 348 g/mol. The van der Waals surface area contributed by atoms with Gasteiger partial charge in [0, 0.05) is 29.2 Å². The minimum absolute atomic E-state index is 0.00507. The first kappa shape index (κ1) is 17.6. The standard InChI is InChI=1S/C24H18N2O2/c25-14-18-10-12-19(13-11-18)15-26-16-22(21-8-4-5-9-23(21)26)24(27)17-28-20-6-2-1-3-7-20/h1-13,16H,15,17H2. The number of hydrogen-bond donors (Lipinski definition) is 0. The van der Waals surface area contributed by atoms with E-state index in [9.17, 15) is 4.79 Å². The zero-order valence-electron chi connectivity index (χ0n) is 15.2. The molecule has 4 nitrogen and oxygen atoms in total. The van der Waals surface area contributed by atoms with Crippen molar-refractivity contribution in [1.82, 2.24) is 4.57 Å². The molecule has 4 aromatic rings. The van der Waals surface area contributed by atoms with Crippen molar-refractivity contribution in [1.29, 1.82) is 5.26 Å². The summed E-state index contributed by atoms with van der Waals surface area (Å²) in [7, 11) is 0. The van der Waals surface area contributed by atoms with E-state index in [1.807, 2.05) is 72.9 Å². The Morgan fingerprint density at radius 1 is 0.929 bits per heavy atom. The second kappa shape index (κ2) is 7.81. The van der Waals surface area contributed by atoms with Crippen molar-refractivity contribution in [2.75, 3.05) is 6.61 Å².